The lowest BCUT2D eigenvalue weighted by atomic mass is 9.74. The Balaban J connectivity index is 0.804. The third-order valence-electron chi connectivity index (χ3n) is 20.8. The molecule has 29 nitrogen and oxygen atoms in total. The maximum Gasteiger partial charge on any atom is 0.341 e. The maximum absolute atomic E-state index is 14.8. The van der Waals surface area contributed by atoms with Crippen LogP contribution in [0.25, 0.3) is 21.9 Å². The molecule has 1 amide bonds. The topological polar surface area (TPSA) is 435 Å². The van der Waals surface area contributed by atoms with E-state index >= 15 is 0 Å². The van der Waals surface area contributed by atoms with Crippen LogP contribution in [0, 0.1) is 23.7 Å². The molecular weight excluding hydrogens is 1340 g/mol. The van der Waals surface area contributed by atoms with Crippen LogP contribution in [-0.4, -0.2) is 223 Å². The van der Waals surface area contributed by atoms with E-state index in [1.54, 1.807) is 72.8 Å². The second-order valence-electron chi connectivity index (χ2n) is 27.6. The predicted molar refractivity (Wildman–Crippen MR) is 354 cm³/mol. The Morgan fingerprint density at radius 3 is 1.79 bits per heavy atom. The van der Waals surface area contributed by atoms with Crippen LogP contribution in [0.3, 0.4) is 0 Å². The fourth-order valence-corrected chi connectivity index (χ4v) is 14.9. The van der Waals surface area contributed by atoms with E-state index < -0.39 is 195 Å². The Labute approximate surface area is 586 Å². The zero-order valence-electron chi connectivity index (χ0n) is 56.6. The van der Waals surface area contributed by atoms with Crippen molar-refractivity contribution in [2.75, 3.05) is 19.8 Å². The second-order valence-corrected chi connectivity index (χ2v) is 27.6. The summed E-state index contributed by atoms with van der Waals surface area (Å²) in [6, 6.07) is 24.5. The molecular formula is C73H93NO28. The third-order valence-corrected chi connectivity index (χ3v) is 20.8. The molecule has 11 N–H and O–H groups in total. The van der Waals surface area contributed by atoms with Gasteiger partial charge in [0.05, 0.1) is 73.6 Å². The van der Waals surface area contributed by atoms with E-state index in [0.29, 0.717) is 28.4 Å². The molecule has 0 bridgehead atoms. The first-order valence-electron chi connectivity index (χ1n) is 35.2. The largest absolute Gasteiger partial charge is 0.479 e. The fraction of sp³-hybridized carbons (Fsp3) is 0.616. The number of carboxylic acids is 1. The molecule has 6 fully saturated rings. The number of ketones is 1. The number of carboxylic acid groups (broad SMARTS) is 1. The van der Waals surface area contributed by atoms with Gasteiger partial charge in [0.25, 0.3) is 0 Å². The first kappa shape index (κ1) is 76.6. The lowest BCUT2D eigenvalue weighted by molar-refractivity contribution is -0.349. The fourth-order valence-electron chi connectivity index (χ4n) is 14.9. The quantitative estimate of drug-likeness (QED) is 0.0195. The Kier molecular flexibility index (Phi) is 26.3. The van der Waals surface area contributed by atoms with Gasteiger partial charge in [0.1, 0.15) is 84.1 Å². The number of benzene rings is 3. The molecule has 5 heterocycles. The molecule has 24 atom stereocenters. The molecule has 6 aliphatic rings. The number of para-hydroxylation sites is 2. The monoisotopic (exact) mass is 1430 g/mol. The minimum absolute atomic E-state index is 0.0353. The molecule has 0 spiro atoms. The number of ether oxygens (including phenoxy) is 10. The highest BCUT2D eigenvalue weighted by atomic mass is 16.8. The van der Waals surface area contributed by atoms with Gasteiger partial charge in [-0.15, -0.1) is 0 Å². The van der Waals surface area contributed by atoms with Crippen molar-refractivity contribution in [3.05, 3.63) is 129 Å². The summed E-state index contributed by atoms with van der Waals surface area (Å²) in [6.45, 7) is 0.751. The van der Waals surface area contributed by atoms with Crippen LogP contribution in [0.1, 0.15) is 119 Å². The standard InChI is InChI=1S/C73H93NO28/c1-3-38-26-42(29-51(62(38)102-71-60(83)59(82)55(78)36(2)93-71)98-73-65(101-68(88)39-17-8-5-9-18-39)64(58(81)54(33-76)100-73)94-52(67(86)87)25-37-15-6-4-7-16-37)46(77)21-14-24-74-66(85)43-30-49(91-34-44-27-40-19-10-12-22-47(40)95-69(44)89)56(79)50(31-43)97-72-61(84)63(57(80)53(32-75)99-72)92-35-45-28-41-20-11-13-23-48(41)96-70(45)90/h5,8-13,17-20,22-23,27-28,36-38,42-43,49-65,71-73,75-76,78-84H,3-4,6-7,14-16,21,24-26,29-35H2,1-2H3,(H,74,85)(H,86,87)/t36?,38-,42?,43+,49?,50-,51-,52+,53?,54+,55-,56?,57+,58+,59+,60?,61?,62?,63-,64?,65?,71+,72-,73-/m1/s1. The average Bonchev–Trinajstić information content (AvgIpc) is 0.778. The van der Waals surface area contributed by atoms with Crippen LogP contribution < -0.4 is 16.6 Å². The van der Waals surface area contributed by atoms with E-state index in [9.17, 15) is 79.8 Å². The molecule has 102 heavy (non-hydrogen) atoms. The molecule has 5 aromatic rings. The maximum atomic E-state index is 14.8. The normalized spacial score (nSPS) is 34.2. The molecule has 10 unspecified atom stereocenters. The summed E-state index contributed by atoms with van der Waals surface area (Å²) in [4.78, 5) is 82.6. The predicted octanol–water partition coefficient (Wildman–Crippen LogP) is 2.58. The molecule has 3 saturated heterocycles. The Hall–Kier alpha value is -6.56. The van der Waals surface area contributed by atoms with E-state index in [2.05, 4.69) is 5.32 Å². The first-order valence-corrected chi connectivity index (χ1v) is 35.2. The van der Waals surface area contributed by atoms with Crippen LogP contribution in [0.2, 0.25) is 0 Å². The zero-order chi connectivity index (χ0) is 72.5. The van der Waals surface area contributed by atoms with Crippen LogP contribution in [0.4, 0.5) is 0 Å². The summed E-state index contributed by atoms with van der Waals surface area (Å²) in [7, 11) is 0. The summed E-state index contributed by atoms with van der Waals surface area (Å²) in [5.41, 5.74) is -0.592. The van der Waals surface area contributed by atoms with Crippen molar-refractivity contribution in [1.82, 2.24) is 5.32 Å². The summed E-state index contributed by atoms with van der Waals surface area (Å²) >= 11 is 0. The van der Waals surface area contributed by atoms with Gasteiger partial charge < -0.3 is 113 Å². The van der Waals surface area contributed by atoms with Crippen molar-refractivity contribution in [1.29, 1.82) is 0 Å². The molecule has 2 aromatic heterocycles. The van der Waals surface area contributed by atoms with E-state index in [4.69, 9.17) is 56.2 Å². The van der Waals surface area contributed by atoms with E-state index in [-0.39, 0.29) is 86.5 Å². The van der Waals surface area contributed by atoms with Gasteiger partial charge in [-0.2, -0.15) is 0 Å². The van der Waals surface area contributed by atoms with Crippen molar-refractivity contribution in [3.63, 3.8) is 0 Å². The van der Waals surface area contributed by atoms with Gasteiger partial charge in [-0.05, 0) is 93.7 Å². The summed E-state index contributed by atoms with van der Waals surface area (Å²) in [5.74, 6) is -5.58. The van der Waals surface area contributed by atoms with Gasteiger partial charge in [-0.3, -0.25) is 9.59 Å². The molecule has 11 rings (SSSR count). The van der Waals surface area contributed by atoms with Gasteiger partial charge in [0.2, 0.25) is 5.91 Å². The minimum atomic E-state index is -1.82. The molecule has 0 radical (unpaired) electrons. The highest BCUT2D eigenvalue weighted by molar-refractivity contribution is 5.89. The summed E-state index contributed by atoms with van der Waals surface area (Å²) < 4.78 is 73.3. The van der Waals surface area contributed by atoms with Crippen LogP contribution in [0.5, 0.6) is 0 Å². The number of rotatable bonds is 28. The van der Waals surface area contributed by atoms with Gasteiger partial charge in [-0.1, -0.05) is 100 Å². The number of amides is 1. The average molecular weight is 1430 g/mol. The Morgan fingerprint density at radius 1 is 0.578 bits per heavy atom. The highest BCUT2D eigenvalue weighted by Gasteiger charge is 2.55. The molecule has 3 aromatic carbocycles. The number of carbonyl (C=O) groups is 4. The van der Waals surface area contributed by atoms with Crippen molar-refractivity contribution in [2.45, 2.75) is 239 Å². The third kappa shape index (κ3) is 18.0. The van der Waals surface area contributed by atoms with E-state index in [0.717, 1.165) is 32.1 Å². The number of esters is 1. The number of hydrogen-bond donors (Lipinski definition) is 11. The van der Waals surface area contributed by atoms with E-state index in [1.165, 1.54) is 25.1 Å². The Morgan fingerprint density at radius 2 is 1.16 bits per heavy atom. The molecule has 3 aliphatic carbocycles. The van der Waals surface area contributed by atoms with Crippen molar-refractivity contribution < 1.29 is 126 Å². The molecule has 3 saturated carbocycles. The number of aliphatic hydroxyl groups is 9. The molecule has 3 aliphatic heterocycles. The van der Waals surface area contributed by atoms with E-state index in [1.807, 2.05) is 6.92 Å². The second kappa shape index (κ2) is 35.0. The molecule has 29 heteroatoms. The Bertz CT molecular complexity index is 3720. The summed E-state index contributed by atoms with van der Waals surface area (Å²) in [6.07, 6.45) is -28.1. The van der Waals surface area contributed by atoms with Crippen LogP contribution >= 0.6 is 0 Å². The highest BCUT2D eigenvalue weighted by Crippen LogP contribution is 2.42. The van der Waals surface area contributed by atoms with Gasteiger partial charge in [0, 0.05) is 35.6 Å². The number of carbonyl (C=O) groups excluding carboxylic acids is 3. The number of hydrogen-bond acceptors (Lipinski definition) is 27. The minimum Gasteiger partial charge on any atom is -0.479 e. The number of Topliss-reactive ketones (excluding diaryl/α,β-unsaturated/α-hetero) is 1. The van der Waals surface area contributed by atoms with Crippen molar-refractivity contribution in [2.24, 2.45) is 23.7 Å². The smallest absolute Gasteiger partial charge is 0.341 e. The number of aliphatic carboxylic acids is 1. The number of fused-ring (bicyclic) bond motifs is 2. The van der Waals surface area contributed by atoms with Crippen molar-refractivity contribution >= 4 is 45.6 Å². The van der Waals surface area contributed by atoms with Gasteiger partial charge in [0.15, 0.2) is 31.1 Å². The number of aliphatic hydroxyl groups excluding tert-OH is 9. The first-order chi connectivity index (χ1) is 49.1. The molecule has 558 valence electrons. The SMILES string of the molecule is CC[C@@H]1CC(C(=O)CCCNC(=O)[C@H]2CC(OCc3cc4ccccc4oc3=O)C(O)[C@H](O[C@@H]3OC(CO)[C@H](O)[C@@H](OCc4cc5ccccc5oc4=O)C3O)C2)C[C@@H](O[C@@H]2O[C@@H](CO)[C@H](O)C(O[C@@H](CC3CCCCC3)C(=O)O)C2OC(=O)c2ccccc2)C1O[C@@H]1OC(C)[C@@H](O)[C@H](O)C1O. The van der Waals surface area contributed by atoms with Crippen molar-refractivity contribution in [3.8, 4) is 0 Å². The lowest BCUT2D eigenvalue weighted by Crippen LogP contribution is -2.64. The van der Waals surface area contributed by atoms with Crippen LogP contribution in [-0.2, 0) is 75.0 Å². The van der Waals surface area contributed by atoms with Gasteiger partial charge in [-0.25, -0.2) is 19.2 Å². The van der Waals surface area contributed by atoms with Crippen LogP contribution in [0.15, 0.2) is 109 Å². The lowest BCUT2D eigenvalue weighted by Gasteiger charge is -2.49. The van der Waals surface area contributed by atoms with Gasteiger partial charge >= 0.3 is 23.2 Å². The summed E-state index contributed by atoms with van der Waals surface area (Å²) in [5, 5.41) is 116. The number of nitrogens with one attached hydrogen (secondary N) is 1. The zero-order valence-corrected chi connectivity index (χ0v) is 56.6.